The van der Waals surface area contributed by atoms with Crippen LogP contribution in [0.3, 0.4) is 0 Å². The number of methoxy groups -OCH3 is 1. The summed E-state index contributed by atoms with van der Waals surface area (Å²) in [7, 11) is 3.76. The molecule has 0 bridgehead atoms. The summed E-state index contributed by atoms with van der Waals surface area (Å²) >= 11 is 0. The van der Waals surface area contributed by atoms with Crippen LogP contribution >= 0.6 is 0 Å². The van der Waals surface area contributed by atoms with Crippen LogP contribution in [0.25, 0.3) is 0 Å². The van der Waals surface area contributed by atoms with Gasteiger partial charge in [0.2, 0.25) is 0 Å². The molecule has 0 spiro atoms. The number of benzene rings is 2. The van der Waals surface area contributed by atoms with Crippen LogP contribution in [0.1, 0.15) is 18.0 Å². The van der Waals surface area contributed by atoms with Gasteiger partial charge in [-0.15, -0.1) is 0 Å². The van der Waals surface area contributed by atoms with E-state index in [1.165, 1.54) is 5.56 Å². The molecule has 0 aliphatic rings. The molecule has 0 saturated heterocycles. The van der Waals surface area contributed by atoms with E-state index in [1.54, 1.807) is 7.11 Å². The fourth-order valence-corrected chi connectivity index (χ4v) is 2.27. The Balaban J connectivity index is 1.97. The fraction of sp³-hybridized carbons (Fsp3) is 0.294. The third-order valence-electron chi connectivity index (χ3n) is 3.50. The van der Waals surface area contributed by atoms with E-state index in [1.807, 2.05) is 36.4 Å². The Kier molecular flexibility index (Phi) is 5.02. The zero-order chi connectivity index (χ0) is 14.4. The van der Waals surface area contributed by atoms with E-state index in [0.29, 0.717) is 0 Å². The van der Waals surface area contributed by atoms with Crippen molar-refractivity contribution >= 4 is 5.69 Å². The summed E-state index contributed by atoms with van der Waals surface area (Å²) in [6.07, 6.45) is 0.901. The van der Waals surface area contributed by atoms with Gasteiger partial charge in [0.25, 0.3) is 0 Å². The molecule has 2 rings (SSSR count). The summed E-state index contributed by atoms with van der Waals surface area (Å²) in [5.74, 6) is 0.892. The zero-order valence-electron chi connectivity index (χ0n) is 12.1. The predicted molar refractivity (Wildman–Crippen MR) is 84.3 cm³/mol. The number of nitrogens with two attached hydrogens (primary N) is 1. The molecule has 1 atom stereocenters. The molecule has 2 aromatic rings. The highest BCUT2D eigenvalue weighted by atomic mass is 16.5. The summed E-state index contributed by atoms with van der Waals surface area (Å²) in [6.45, 7) is 0.885. The lowest BCUT2D eigenvalue weighted by Crippen LogP contribution is -2.23. The van der Waals surface area contributed by atoms with Gasteiger partial charge in [-0.2, -0.15) is 0 Å². The monoisotopic (exact) mass is 270 g/mol. The Labute approximate surface area is 121 Å². The minimum absolute atomic E-state index is 0.0633. The molecule has 3 nitrogen and oxygen atoms in total. The highest BCUT2D eigenvalue weighted by molar-refractivity contribution is 5.57. The van der Waals surface area contributed by atoms with Crippen molar-refractivity contribution < 1.29 is 4.74 Å². The maximum Gasteiger partial charge on any atom is 0.142 e. The number of nitrogens with zero attached hydrogens (tertiary/aromatic N) is 1. The van der Waals surface area contributed by atoms with Gasteiger partial charge in [-0.25, -0.2) is 0 Å². The third kappa shape index (κ3) is 3.52. The average molecular weight is 270 g/mol. The summed E-state index contributed by atoms with van der Waals surface area (Å²) in [5.41, 5.74) is 8.51. The van der Waals surface area contributed by atoms with Gasteiger partial charge in [-0.05, 0) is 24.1 Å². The second-order valence-corrected chi connectivity index (χ2v) is 4.90. The van der Waals surface area contributed by atoms with E-state index in [2.05, 4.69) is 30.1 Å². The molecule has 0 aromatic heterocycles. The average Bonchev–Trinajstić information content (AvgIpc) is 2.53. The van der Waals surface area contributed by atoms with Crippen molar-refractivity contribution in [1.82, 2.24) is 0 Å². The number of hydrogen-bond acceptors (Lipinski definition) is 3. The number of hydrogen-bond donors (Lipinski definition) is 1. The molecule has 0 saturated carbocycles. The van der Waals surface area contributed by atoms with Gasteiger partial charge in [0.05, 0.1) is 12.8 Å². The molecule has 2 aromatic carbocycles. The van der Waals surface area contributed by atoms with Gasteiger partial charge in [0.15, 0.2) is 0 Å². The van der Waals surface area contributed by atoms with Gasteiger partial charge in [0, 0.05) is 19.6 Å². The van der Waals surface area contributed by atoms with E-state index in [-0.39, 0.29) is 6.04 Å². The molecule has 0 aliphatic heterocycles. The molecule has 0 radical (unpaired) electrons. The first-order valence-corrected chi connectivity index (χ1v) is 6.87. The van der Waals surface area contributed by atoms with Crippen LogP contribution in [0, 0.1) is 0 Å². The van der Waals surface area contributed by atoms with Crippen LogP contribution in [0.2, 0.25) is 0 Å². The summed E-state index contributed by atoms with van der Waals surface area (Å²) in [6, 6.07) is 18.3. The summed E-state index contributed by atoms with van der Waals surface area (Å²) < 4.78 is 5.38. The van der Waals surface area contributed by atoms with E-state index < -0.39 is 0 Å². The molecule has 0 heterocycles. The topological polar surface area (TPSA) is 38.5 Å². The molecule has 106 valence electrons. The second-order valence-electron chi connectivity index (χ2n) is 4.90. The Bertz CT molecular complexity index is 528. The van der Waals surface area contributed by atoms with E-state index in [9.17, 15) is 0 Å². The standard InChI is InChI=1S/C17H22N2O/c1-19(16-10-6-7-11-17(16)20-2)13-12-15(18)14-8-4-3-5-9-14/h3-11,15H,12-13,18H2,1-2H3. The predicted octanol–water partition coefficient (Wildman–Crippen LogP) is 3.22. The number of para-hydroxylation sites is 2. The van der Waals surface area contributed by atoms with Crippen LogP contribution in [0.5, 0.6) is 5.75 Å². The van der Waals surface area contributed by atoms with Crippen LogP contribution in [0.4, 0.5) is 5.69 Å². The molecule has 0 fully saturated rings. The van der Waals surface area contributed by atoms with E-state index >= 15 is 0 Å². The van der Waals surface area contributed by atoms with Crippen molar-refractivity contribution in [2.45, 2.75) is 12.5 Å². The lowest BCUT2D eigenvalue weighted by molar-refractivity contribution is 0.414. The molecule has 2 N–H and O–H groups in total. The molecule has 20 heavy (non-hydrogen) atoms. The van der Waals surface area contributed by atoms with Crippen molar-refractivity contribution in [2.24, 2.45) is 5.73 Å². The van der Waals surface area contributed by atoms with Crippen molar-refractivity contribution in [3.8, 4) is 5.75 Å². The lowest BCUT2D eigenvalue weighted by atomic mass is 10.0. The van der Waals surface area contributed by atoms with Crippen LogP contribution in [-0.4, -0.2) is 20.7 Å². The summed E-state index contributed by atoms with van der Waals surface area (Å²) in [5, 5.41) is 0. The first-order chi connectivity index (χ1) is 9.72. The normalized spacial score (nSPS) is 11.9. The van der Waals surface area contributed by atoms with Crippen molar-refractivity contribution in [1.29, 1.82) is 0 Å². The van der Waals surface area contributed by atoms with Crippen molar-refractivity contribution in [3.63, 3.8) is 0 Å². The Morgan fingerprint density at radius 3 is 2.40 bits per heavy atom. The van der Waals surface area contributed by atoms with Crippen LogP contribution in [-0.2, 0) is 0 Å². The lowest BCUT2D eigenvalue weighted by Gasteiger charge is -2.23. The molecular weight excluding hydrogens is 248 g/mol. The van der Waals surface area contributed by atoms with Crippen molar-refractivity contribution in [2.75, 3.05) is 25.6 Å². The quantitative estimate of drug-likeness (QED) is 0.876. The summed E-state index contributed by atoms with van der Waals surface area (Å²) in [4.78, 5) is 2.18. The largest absolute Gasteiger partial charge is 0.495 e. The van der Waals surface area contributed by atoms with Gasteiger partial charge in [-0.1, -0.05) is 42.5 Å². The minimum atomic E-state index is 0.0633. The maximum absolute atomic E-state index is 6.23. The maximum atomic E-state index is 6.23. The highest BCUT2D eigenvalue weighted by Crippen LogP contribution is 2.27. The number of anilines is 1. The third-order valence-corrected chi connectivity index (χ3v) is 3.50. The van der Waals surface area contributed by atoms with Gasteiger partial charge in [-0.3, -0.25) is 0 Å². The molecule has 3 heteroatoms. The fourth-order valence-electron chi connectivity index (χ4n) is 2.27. The Morgan fingerprint density at radius 2 is 1.70 bits per heavy atom. The Morgan fingerprint density at radius 1 is 1.05 bits per heavy atom. The van der Waals surface area contributed by atoms with E-state index in [0.717, 1.165) is 24.4 Å². The zero-order valence-corrected chi connectivity index (χ0v) is 12.1. The van der Waals surface area contributed by atoms with Gasteiger partial charge in [0.1, 0.15) is 5.75 Å². The minimum Gasteiger partial charge on any atom is -0.495 e. The molecule has 0 amide bonds. The first kappa shape index (κ1) is 14.4. The first-order valence-electron chi connectivity index (χ1n) is 6.87. The van der Waals surface area contributed by atoms with Gasteiger partial charge < -0.3 is 15.4 Å². The number of rotatable bonds is 6. The van der Waals surface area contributed by atoms with Crippen molar-refractivity contribution in [3.05, 3.63) is 60.2 Å². The van der Waals surface area contributed by atoms with Crippen LogP contribution in [0.15, 0.2) is 54.6 Å². The number of ether oxygens (including phenoxy) is 1. The van der Waals surface area contributed by atoms with Crippen LogP contribution < -0.4 is 15.4 Å². The molecule has 0 aliphatic carbocycles. The highest BCUT2D eigenvalue weighted by Gasteiger charge is 2.10. The molecule has 1 unspecified atom stereocenters. The smallest absolute Gasteiger partial charge is 0.142 e. The van der Waals surface area contributed by atoms with E-state index in [4.69, 9.17) is 10.5 Å². The van der Waals surface area contributed by atoms with Gasteiger partial charge >= 0.3 is 0 Å². The molecular formula is C17H22N2O. The SMILES string of the molecule is COc1ccccc1N(C)CCC(N)c1ccccc1. The Hall–Kier alpha value is -2.00. The second kappa shape index (κ2) is 6.96.